The van der Waals surface area contributed by atoms with Gasteiger partial charge in [-0.05, 0) is 69.8 Å². The highest BCUT2D eigenvalue weighted by atomic mass is 32.1. The molecule has 0 aliphatic rings. The molecule has 1 nitrogen and oxygen atoms in total. The highest BCUT2D eigenvalue weighted by Gasteiger charge is 2.22. The molecule has 0 unspecified atom stereocenters. The number of hydrogen-bond donors (Lipinski definition) is 0. The first-order chi connectivity index (χ1) is 23.3. The van der Waals surface area contributed by atoms with Gasteiger partial charge in [-0.2, -0.15) is 0 Å². The van der Waals surface area contributed by atoms with Crippen LogP contribution in [0.4, 0.5) is 17.1 Å². The quantitative estimate of drug-likeness (QED) is 0.174. The van der Waals surface area contributed by atoms with Gasteiger partial charge < -0.3 is 4.90 Å². The van der Waals surface area contributed by atoms with Crippen molar-refractivity contribution < 1.29 is 0 Å². The molecule has 3 heteroatoms. The number of nitrogens with zero attached hydrogens (tertiary/aromatic N) is 1. The van der Waals surface area contributed by atoms with Gasteiger partial charge in [0.25, 0.3) is 0 Å². The average Bonchev–Trinajstić information content (AvgIpc) is 3.71. The molecular weight excluding hydrogens is 607 g/mol. The lowest BCUT2D eigenvalue weighted by molar-refractivity contribution is 1.32. The van der Waals surface area contributed by atoms with E-state index in [1.807, 2.05) is 22.7 Å². The van der Waals surface area contributed by atoms with Gasteiger partial charge in [0.2, 0.25) is 0 Å². The van der Waals surface area contributed by atoms with E-state index in [1.165, 1.54) is 84.4 Å². The van der Waals surface area contributed by atoms with Gasteiger partial charge in [-0.3, -0.25) is 0 Å². The third-order valence-corrected chi connectivity index (χ3v) is 11.8. The lowest BCUT2D eigenvalue weighted by atomic mass is 9.97. The van der Waals surface area contributed by atoms with Crippen LogP contribution in [0, 0.1) is 0 Å². The van der Waals surface area contributed by atoms with Gasteiger partial charge in [0.1, 0.15) is 0 Å². The van der Waals surface area contributed by atoms with E-state index in [1.54, 1.807) is 0 Å². The summed E-state index contributed by atoms with van der Waals surface area (Å²) in [6.45, 7) is 0. The van der Waals surface area contributed by atoms with Gasteiger partial charge in [-0.1, -0.05) is 121 Å². The number of hydrogen-bond acceptors (Lipinski definition) is 3. The van der Waals surface area contributed by atoms with Crippen LogP contribution in [0.5, 0.6) is 0 Å². The summed E-state index contributed by atoms with van der Waals surface area (Å²) in [5.41, 5.74) is 6.01. The summed E-state index contributed by atoms with van der Waals surface area (Å²) in [6.07, 6.45) is 0. The van der Waals surface area contributed by atoms with Crippen molar-refractivity contribution >= 4 is 102 Å². The lowest BCUT2D eigenvalue weighted by Crippen LogP contribution is -2.11. The van der Waals surface area contributed by atoms with Crippen LogP contribution in [0.25, 0.3) is 73.0 Å². The van der Waals surface area contributed by atoms with Gasteiger partial charge >= 0.3 is 0 Å². The molecule has 0 amide bonds. The lowest BCUT2D eigenvalue weighted by Gasteiger charge is -2.28. The fourth-order valence-electron chi connectivity index (χ4n) is 7.36. The van der Waals surface area contributed by atoms with Gasteiger partial charge in [0.05, 0.1) is 16.1 Å². The molecule has 220 valence electrons. The topological polar surface area (TPSA) is 3.24 Å². The van der Waals surface area contributed by atoms with E-state index in [9.17, 15) is 0 Å². The first-order valence-corrected chi connectivity index (χ1v) is 17.6. The van der Waals surface area contributed by atoms with Crippen LogP contribution in [0.15, 0.2) is 164 Å². The number of benzene rings is 8. The van der Waals surface area contributed by atoms with Crippen molar-refractivity contribution in [2.45, 2.75) is 0 Å². The third-order valence-electron chi connectivity index (χ3n) is 9.43. The van der Waals surface area contributed by atoms with E-state index in [0.717, 1.165) is 5.69 Å². The SMILES string of the molecule is c1cc(-c2cccc3sc4ccccc4c23)cc(N(c2cc3ccccc3c3ccccc23)c2cccc3c2sc2ccccc23)c1. The molecule has 0 spiro atoms. The Kier molecular flexibility index (Phi) is 5.98. The second-order valence-electron chi connectivity index (χ2n) is 12.1. The van der Waals surface area contributed by atoms with Crippen LogP contribution in [0.2, 0.25) is 0 Å². The number of thiophene rings is 2. The van der Waals surface area contributed by atoms with Crippen molar-refractivity contribution in [2.75, 3.05) is 4.90 Å². The maximum absolute atomic E-state index is 2.50. The molecule has 2 heterocycles. The monoisotopic (exact) mass is 633 g/mol. The Hall–Kier alpha value is -5.48. The largest absolute Gasteiger partial charge is 0.308 e. The second-order valence-corrected chi connectivity index (χ2v) is 14.2. The summed E-state index contributed by atoms with van der Waals surface area (Å²) >= 11 is 3.75. The van der Waals surface area contributed by atoms with E-state index in [4.69, 9.17) is 0 Å². The zero-order valence-corrected chi connectivity index (χ0v) is 27.0. The molecule has 47 heavy (non-hydrogen) atoms. The molecule has 0 saturated heterocycles. The van der Waals surface area contributed by atoms with Gasteiger partial charge in [0.15, 0.2) is 0 Å². The number of fused-ring (bicyclic) bond motifs is 9. The zero-order chi connectivity index (χ0) is 30.9. The van der Waals surface area contributed by atoms with E-state index in [0.29, 0.717) is 0 Å². The van der Waals surface area contributed by atoms with E-state index in [-0.39, 0.29) is 0 Å². The van der Waals surface area contributed by atoms with Crippen LogP contribution in [-0.2, 0) is 0 Å². The van der Waals surface area contributed by atoms with Crippen LogP contribution in [0.3, 0.4) is 0 Å². The minimum atomic E-state index is 1.14. The Morgan fingerprint density at radius 1 is 0.383 bits per heavy atom. The van der Waals surface area contributed by atoms with Gasteiger partial charge in [-0.25, -0.2) is 0 Å². The summed E-state index contributed by atoms with van der Waals surface area (Å²) in [5, 5.41) is 10.3. The molecule has 2 aromatic heterocycles. The van der Waals surface area contributed by atoms with Gasteiger partial charge in [0, 0.05) is 46.7 Å². The Morgan fingerprint density at radius 2 is 1.02 bits per heavy atom. The molecular formula is C44H27NS2. The molecule has 0 aliphatic heterocycles. The zero-order valence-electron chi connectivity index (χ0n) is 25.4. The van der Waals surface area contributed by atoms with E-state index >= 15 is 0 Å². The summed E-state index contributed by atoms with van der Waals surface area (Å²) < 4.78 is 5.25. The van der Waals surface area contributed by atoms with Crippen molar-refractivity contribution in [3.63, 3.8) is 0 Å². The predicted octanol–water partition coefficient (Wildman–Crippen LogP) is 13.9. The normalized spacial score (nSPS) is 11.8. The minimum absolute atomic E-state index is 1.14. The fraction of sp³-hybridized carbons (Fsp3) is 0. The van der Waals surface area contributed by atoms with Crippen LogP contribution in [-0.4, -0.2) is 0 Å². The van der Waals surface area contributed by atoms with Crippen molar-refractivity contribution in [1.82, 2.24) is 0 Å². The standard InChI is InChI=1S/C44H27NS2/c1-2-15-31-29(12-1)27-39(34-17-4-3-16-33(31)34)45(38-22-10-21-36-35-18-5-7-23-40(35)47-44(36)38)30-14-9-13-28(26-30)32-20-11-25-42-43(32)37-19-6-8-24-41(37)46-42/h1-27H. The Labute approximate surface area is 280 Å². The van der Waals surface area contributed by atoms with E-state index in [2.05, 4.69) is 169 Å². The molecule has 0 N–H and O–H groups in total. The molecule has 10 aromatic rings. The molecule has 0 atom stereocenters. The van der Waals surface area contributed by atoms with Crippen molar-refractivity contribution in [3.8, 4) is 11.1 Å². The van der Waals surface area contributed by atoms with Crippen LogP contribution in [0.1, 0.15) is 0 Å². The summed E-state index contributed by atoms with van der Waals surface area (Å²) in [7, 11) is 0. The van der Waals surface area contributed by atoms with Gasteiger partial charge in [-0.15, -0.1) is 22.7 Å². The highest BCUT2D eigenvalue weighted by Crippen LogP contribution is 2.48. The van der Waals surface area contributed by atoms with Crippen molar-refractivity contribution in [2.24, 2.45) is 0 Å². The summed E-state index contributed by atoms with van der Waals surface area (Å²) in [4.78, 5) is 2.50. The van der Waals surface area contributed by atoms with Crippen LogP contribution >= 0.6 is 22.7 Å². The van der Waals surface area contributed by atoms with Crippen molar-refractivity contribution in [3.05, 3.63) is 164 Å². The molecule has 0 fully saturated rings. The Balaban J connectivity index is 1.29. The maximum atomic E-state index is 2.50. The van der Waals surface area contributed by atoms with E-state index < -0.39 is 0 Å². The van der Waals surface area contributed by atoms with Crippen LogP contribution < -0.4 is 4.90 Å². The minimum Gasteiger partial charge on any atom is -0.308 e. The molecule has 0 radical (unpaired) electrons. The second kappa shape index (κ2) is 10.5. The number of anilines is 3. The molecule has 0 bridgehead atoms. The smallest absolute Gasteiger partial charge is 0.0640 e. The highest BCUT2D eigenvalue weighted by molar-refractivity contribution is 7.26. The first-order valence-electron chi connectivity index (χ1n) is 15.9. The molecule has 0 saturated carbocycles. The Bertz CT molecular complexity index is 2820. The summed E-state index contributed by atoms with van der Waals surface area (Å²) in [5.74, 6) is 0. The fourth-order valence-corrected chi connectivity index (χ4v) is 9.70. The molecule has 10 rings (SSSR count). The maximum Gasteiger partial charge on any atom is 0.0640 e. The first kappa shape index (κ1) is 26.7. The van der Waals surface area contributed by atoms with Crippen molar-refractivity contribution in [1.29, 1.82) is 0 Å². The predicted molar refractivity (Wildman–Crippen MR) is 207 cm³/mol. The third kappa shape index (κ3) is 4.14. The molecule has 8 aromatic carbocycles. The summed E-state index contributed by atoms with van der Waals surface area (Å²) in [6, 6.07) is 60.2. The molecule has 0 aliphatic carbocycles. The Morgan fingerprint density at radius 3 is 1.89 bits per heavy atom. The number of rotatable bonds is 4. The average molecular weight is 634 g/mol.